The molecule has 2 aromatic carbocycles. The van der Waals surface area contributed by atoms with Crippen LogP contribution in [0.25, 0.3) is 0 Å². The van der Waals surface area contributed by atoms with Gasteiger partial charge in [0.25, 0.3) is 11.8 Å². The highest BCUT2D eigenvalue weighted by atomic mass is 32.2. The number of benzene rings is 2. The molecule has 0 bridgehead atoms. The zero-order valence-corrected chi connectivity index (χ0v) is 24.2. The van der Waals surface area contributed by atoms with Crippen molar-refractivity contribution in [3.05, 3.63) is 88.3 Å². The van der Waals surface area contributed by atoms with E-state index in [-0.39, 0.29) is 23.8 Å². The molecule has 1 aliphatic rings. The standard InChI is InChI=1S/C30H36N4O5S/c1-18-11-9-10-14-22(18)16-31-28(37)26-30(4,5)40-17-34(26)29(38)25(35)23(15-21-12-7-6-8-13-21)32-27(36)24-19(2)33-39-20(24)3/h6-14,23,25-26,35H,15-17H2,1-5H3,(H,31,37)(H,32,36)/t23-,25-,26+/m0/s1. The third-order valence-corrected chi connectivity index (χ3v) is 8.68. The van der Waals surface area contributed by atoms with E-state index < -0.39 is 34.7 Å². The van der Waals surface area contributed by atoms with Gasteiger partial charge in [0, 0.05) is 11.3 Å². The minimum absolute atomic E-state index is 0.206. The normalized spacial score (nSPS) is 17.8. The molecule has 1 saturated heterocycles. The van der Waals surface area contributed by atoms with Crippen molar-refractivity contribution in [3.63, 3.8) is 0 Å². The number of thioether (sulfide) groups is 1. The number of aryl methyl sites for hydroxylation is 3. The van der Waals surface area contributed by atoms with Gasteiger partial charge in [-0.15, -0.1) is 11.8 Å². The fourth-order valence-corrected chi connectivity index (χ4v) is 6.14. The zero-order chi connectivity index (χ0) is 29.0. The molecular formula is C30H36N4O5S. The van der Waals surface area contributed by atoms with E-state index in [0.717, 1.165) is 16.7 Å². The number of amides is 3. The minimum Gasteiger partial charge on any atom is -0.381 e. The Labute approximate surface area is 238 Å². The Morgan fingerprint density at radius 3 is 2.42 bits per heavy atom. The van der Waals surface area contributed by atoms with Crippen molar-refractivity contribution < 1.29 is 24.0 Å². The summed E-state index contributed by atoms with van der Waals surface area (Å²) in [6.45, 7) is 9.42. The summed E-state index contributed by atoms with van der Waals surface area (Å²) in [4.78, 5) is 41.9. The Balaban J connectivity index is 1.55. The van der Waals surface area contributed by atoms with Crippen LogP contribution in [0.5, 0.6) is 0 Å². The molecule has 0 saturated carbocycles. The van der Waals surface area contributed by atoms with Crippen LogP contribution >= 0.6 is 11.8 Å². The maximum Gasteiger partial charge on any atom is 0.257 e. The van der Waals surface area contributed by atoms with Crippen LogP contribution in [0.1, 0.15) is 52.3 Å². The number of hydrogen-bond donors (Lipinski definition) is 3. The maximum atomic E-state index is 13.8. The molecule has 0 unspecified atom stereocenters. The summed E-state index contributed by atoms with van der Waals surface area (Å²) in [5.74, 6) is -0.821. The molecule has 0 aliphatic carbocycles. The van der Waals surface area contributed by atoms with Crippen molar-refractivity contribution in [2.24, 2.45) is 0 Å². The molecule has 0 spiro atoms. The van der Waals surface area contributed by atoms with Gasteiger partial charge >= 0.3 is 0 Å². The van der Waals surface area contributed by atoms with E-state index >= 15 is 0 Å². The van der Waals surface area contributed by atoms with Gasteiger partial charge in [0.05, 0.1) is 17.6 Å². The van der Waals surface area contributed by atoms with Gasteiger partial charge in [0.1, 0.15) is 17.4 Å². The average molecular weight is 565 g/mol. The lowest BCUT2D eigenvalue weighted by Crippen LogP contribution is -2.58. The first-order valence-corrected chi connectivity index (χ1v) is 14.2. The van der Waals surface area contributed by atoms with Gasteiger partial charge in [-0.2, -0.15) is 0 Å². The predicted octanol–water partition coefficient (Wildman–Crippen LogP) is 3.30. The van der Waals surface area contributed by atoms with E-state index in [1.54, 1.807) is 13.8 Å². The number of nitrogens with zero attached hydrogens (tertiary/aromatic N) is 2. The fraction of sp³-hybridized carbons (Fsp3) is 0.400. The van der Waals surface area contributed by atoms with Crippen LogP contribution in [0.4, 0.5) is 0 Å². The van der Waals surface area contributed by atoms with Crippen LogP contribution in [-0.2, 0) is 22.6 Å². The highest BCUT2D eigenvalue weighted by molar-refractivity contribution is 8.00. The number of carbonyl (C=O) groups excluding carboxylic acids is 3. The number of aliphatic hydroxyl groups is 1. The second kappa shape index (κ2) is 12.3. The lowest BCUT2D eigenvalue weighted by Gasteiger charge is -2.33. The van der Waals surface area contributed by atoms with Crippen molar-refractivity contribution in [1.29, 1.82) is 0 Å². The van der Waals surface area contributed by atoms with Crippen LogP contribution in [0.3, 0.4) is 0 Å². The molecule has 10 heteroatoms. The van der Waals surface area contributed by atoms with Crippen LogP contribution < -0.4 is 10.6 Å². The van der Waals surface area contributed by atoms with Gasteiger partial charge in [-0.25, -0.2) is 0 Å². The number of hydrogen-bond acceptors (Lipinski definition) is 7. The van der Waals surface area contributed by atoms with E-state index in [0.29, 0.717) is 18.0 Å². The molecule has 1 aromatic heterocycles. The van der Waals surface area contributed by atoms with Gasteiger partial charge < -0.3 is 25.2 Å². The highest BCUT2D eigenvalue weighted by Crippen LogP contribution is 2.40. The average Bonchev–Trinajstić information content (AvgIpc) is 3.44. The summed E-state index contributed by atoms with van der Waals surface area (Å²) in [6.07, 6.45) is -1.39. The predicted molar refractivity (Wildman–Crippen MR) is 154 cm³/mol. The smallest absolute Gasteiger partial charge is 0.257 e. The van der Waals surface area contributed by atoms with E-state index in [1.807, 2.05) is 75.4 Å². The summed E-state index contributed by atoms with van der Waals surface area (Å²) in [5, 5.41) is 21.1. The molecule has 9 nitrogen and oxygen atoms in total. The van der Waals surface area contributed by atoms with Gasteiger partial charge in [-0.1, -0.05) is 59.8 Å². The zero-order valence-electron chi connectivity index (χ0n) is 23.4. The Hall–Kier alpha value is -3.63. The van der Waals surface area contributed by atoms with Crippen LogP contribution in [-0.4, -0.2) is 61.7 Å². The number of nitrogens with one attached hydrogen (secondary N) is 2. The molecule has 1 aliphatic heterocycles. The fourth-order valence-electron chi connectivity index (χ4n) is 5.00. The minimum atomic E-state index is -1.59. The molecule has 3 N–H and O–H groups in total. The maximum absolute atomic E-state index is 13.8. The second-order valence-electron chi connectivity index (χ2n) is 10.6. The number of aliphatic hydroxyl groups excluding tert-OH is 1. The number of rotatable bonds is 9. The van der Waals surface area contributed by atoms with Crippen molar-refractivity contribution in [2.75, 3.05) is 5.88 Å². The molecule has 40 heavy (non-hydrogen) atoms. The van der Waals surface area contributed by atoms with E-state index in [9.17, 15) is 19.5 Å². The second-order valence-corrected chi connectivity index (χ2v) is 12.2. The lowest BCUT2D eigenvalue weighted by atomic mass is 9.96. The van der Waals surface area contributed by atoms with Crippen molar-refractivity contribution in [3.8, 4) is 0 Å². The Morgan fingerprint density at radius 2 is 1.77 bits per heavy atom. The Bertz CT molecular complexity index is 1350. The molecule has 0 radical (unpaired) electrons. The first-order valence-electron chi connectivity index (χ1n) is 13.2. The molecule has 3 amide bonds. The molecular weight excluding hydrogens is 528 g/mol. The molecule has 3 atom stereocenters. The van der Waals surface area contributed by atoms with Crippen molar-refractivity contribution in [1.82, 2.24) is 20.7 Å². The van der Waals surface area contributed by atoms with Crippen LogP contribution in [0.2, 0.25) is 0 Å². The monoisotopic (exact) mass is 564 g/mol. The SMILES string of the molecule is Cc1ccccc1CNC(=O)[C@H]1N(C(=O)[C@@H](O)[C@H](Cc2ccccc2)NC(=O)c2c(C)noc2C)CSC1(C)C. The first-order chi connectivity index (χ1) is 19.0. The summed E-state index contributed by atoms with van der Waals surface area (Å²) in [5.41, 5.74) is 3.56. The third kappa shape index (κ3) is 6.39. The summed E-state index contributed by atoms with van der Waals surface area (Å²) >= 11 is 1.47. The summed E-state index contributed by atoms with van der Waals surface area (Å²) in [7, 11) is 0. The summed E-state index contributed by atoms with van der Waals surface area (Å²) in [6, 6.07) is 15.3. The first kappa shape index (κ1) is 29.4. The quantitative estimate of drug-likeness (QED) is 0.364. The largest absolute Gasteiger partial charge is 0.381 e. The van der Waals surface area contributed by atoms with Crippen LogP contribution in [0.15, 0.2) is 59.1 Å². The number of carbonyl (C=O) groups is 3. The van der Waals surface area contributed by atoms with E-state index in [1.165, 1.54) is 16.7 Å². The molecule has 1 fully saturated rings. The lowest BCUT2D eigenvalue weighted by molar-refractivity contribution is -0.147. The topological polar surface area (TPSA) is 125 Å². The van der Waals surface area contributed by atoms with Crippen molar-refractivity contribution in [2.45, 2.75) is 70.5 Å². The molecule has 212 valence electrons. The van der Waals surface area contributed by atoms with Crippen LogP contribution in [0, 0.1) is 20.8 Å². The van der Waals surface area contributed by atoms with Crippen molar-refractivity contribution >= 4 is 29.5 Å². The molecule has 3 aromatic rings. The van der Waals surface area contributed by atoms with Gasteiger partial charge in [0.2, 0.25) is 5.91 Å². The van der Waals surface area contributed by atoms with E-state index in [2.05, 4.69) is 15.8 Å². The highest BCUT2D eigenvalue weighted by Gasteiger charge is 2.49. The number of aromatic nitrogens is 1. The molecule has 2 heterocycles. The van der Waals surface area contributed by atoms with E-state index in [4.69, 9.17) is 4.52 Å². The summed E-state index contributed by atoms with van der Waals surface area (Å²) < 4.78 is 4.55. The van der Waals surface area contributed by atoms with Gasteiger partial charge in [-0.05, 0) is 57.7 Å². The van der Waals surface area contributed by atoms with Gasteiger partial charge in [-0.3, -0.25) is 14.4 Å². The van der Waals surface area contributed by atoms with Gasteiger partial charge in [0.15, 0.2) is 6.10 Å². The Kier molecular flexibility index (Phi) is 9.00. The third-order valence-electron chi connectivity index (χ3n) is 7.30. The Morgan fingerprint density at radius 1 is 1.10 bits per heavy atom. The molecule has 4 rings (SSSR count).